The van der Waals surface area contributed by atoms with Crippen molar-refractivity contribution in [1.29, 1.82) is 0 Å². The monoisotopic (exact) mass is 320 g/mol. The van der Waals surface area contributed by atoms with Crippen molar-refractivity contribution in [1.82, 2.24) is 15.3 Å². The summed E-state index contributed by atoms with van der Waals surface area (Å²) in [6.45, 7) is 1.83. The van der Waals surface area contributed by atoms with E-state index in [1.54, 1.807) is 19.3 Å². The SMILES string of the molecule is COc1cc(C=C2SC(=O)NC2=O)nc(N2CCCCC2)n1. The fourth-order valence-corrected chi connectivity index (χ4v) is 3.07. The lowest BCUT2D eigenvalue weighted by Gasteiger charge is -2.26. The minimum atomic E-state index is -0.396. The van der Waals surface area contributed by atoms with Gasteiger partial charge in [0.15, 0.2) is 0 Å². The zero-order valence-corrected chi connectivity index (χ0v) is 13.0. The van der Waals surface area contributed by atoms with Crippen LogP contribution in [0.5, 0.6) is 5.88 Å². The summed E-state index contributed by atoms with van der Waals surface area (Å²) in [5.41, 5.74) is 0.555. The van der Waals surface area contributed by atoms with Crippen molar-refractivity contribution >= 4 is 34.9 Å². The second-order valence-corrected chi connectivity index (χ2v) is 6.05. The van der Waals surface area contributed by atoms with Crippen LogP contribution in [0.1, 0.15) is 25.0 Å². The van der Waals surface area contributed by atoms with Gasteiger partial charge in [-0.3, -0.25) is 14.9 Å². The van der Waals surface area contributed by atoms with Crippen LogP contribution in [-0.4, -0.2) is 41.3 Å². The number of carbonyl (C=O) groups excluding carboxylic acids is 2. The Morgan fingerprint density at radius 1 is 1.27 bits per heavy atom. The lowest BCUT2D eigenvalue weighted by Crippen LogP contribution is -2.31. The fraction of sp³-hybridized carbons (Fsp3) is 0.429. The zero-order valence-electron chi connectivity index (χ0n) is 12.2. The Kier molecular flexibility index (Phi) is 4.28. The van der Waals surface area contributed by atoms with Gasteiger partial charge in [0, 0.05) is 19.2 Å². The molecule has 2 fully saturated rings. The number of imide groups is 1. The number of thioether (sulfide) groups is 1. The largest absolute Gasteiger partial charge is 0.481 e. The second kappa shape index (κ2) is 6.35. The number of methoxy groups -OCH3 is 1. The molecule has 2 amide bonds. The second-order valence-electron chi connectivity index (χ2n) is 5.04. The molecule has 0 aromatic carbocycles. The fourth-order valence-electron chi connectivity index (χ4n) is 2.40. The van der Waals surface area contributed by atoms with Gasteiger partial charge >= 0.3 is 0 Å². The van der Waals surface area contributed by atoms with Crippen LogP contribution in [0.4, 0.5) is 10.7 Å². The number of nitrogens with one attached hydrogen (secondary N) is 1. The summed E-state index contributed by atoms with van der Waals surface area (Å²) >= 11 is 0.870. The molecule has 0 atom stereocenters. The van der Waals surface area contributed by atoms with E-state index in [4.69, 9.17) is 4.74 Å². The first-order chi connectivity index (χ1) is 10.7. The minimum Gasteiger partial charge on any atom is -0.481 e. The van der Waals surface area contributed by atoms with Gasteiger partial charge in [-0.2, -0.15) is 4.98 Å². The Labute approximate surface area is 132 Å². The van der Waals surface area contributed by atoms with E-state index in [0.717, 1.165) is 37.7 Å². The maximum Gasteiger partial charge on any atom is 0.290 e. The Hall–Kier alpha value is -2.09. The predicted octanol–water partition coefficient (Wildman–Crippen LogP) is 1.80. The molecular formula is C14H16N4O3S. The Morgan fingerprint density at radius 3 is 2.68 bits per heavy atom. The van der Waals surface area contributed by atoms with E-state index >= 15 is 0 Å². The summed E-state index contributed by atoms with van der Waals surface area (Å²) < 4.78 is 5.22. The highest BCUT2D eigenvalue weighted by atomic mass is 32.2. The maximum atomic E-state index is 11.6. The number of hydrogen-bond acceptors (Lipinski definition) is 7. The third kappa shape index (κ3) is 3.22. The highest BCUT2D eigenvalue weighted by molar-refractivity contribution is 8.18. The van der Waals surface area contributed by atoms with Crippen LogP contribution in [0.3, 0.4) is 0 Å². The number of aromatic nitrogens is 2. The number of piperidine rings is 1. The maximum absolute atomic E-state index is 11.6. The molecule has 1 aromatic rings. The predicted molar refractivity (Wildman–Crippen MR) is 83.8 cm³/mol. The summed E-state index contributed by atoms with van der Waals surface area (Å²) in [5, 5.41) is 1.86. The first kappa shape index (κ1) is 14.8. The summed E-state index contributed by atoms with van der Waals surface area (Å²) in [5.74, 6) is 0.643. The number of carbonyl (C=O) groups is 2. The van der Waals surface area contributed by atoms with E-state index in [1.807, 2.05) is 0 Å². The molecule has 0 bridgehead atoms. The van der Waals surface area contributed by atoms with Crippen LogP contribution in [0.2, 0.25) is 0 Å². The molecule has 1 aromatic heterocycles. The van der Waals surface area contributed by atoms with Crippen molar-refractivity contribution in [2.45, 2.75) is 19.3 Å². The first-order valence-electron chi connectivity index (χ1n) is 7.08. The van der Waals surface area contributed by atoms with Crippen molar-refractivity contribution in [3.8, 4) is 5.88 Å². The molecular weight excluding hydrogens is 304 g/mol. The van der Waals surface area contributed by atoms with E-state index in [1.165, 1.54) is 6.42 Å². The van der Waals surface area contributed by atoms with Crippen molar-refractivity contribution < 1.29 is 14.3 Å². The van der Waals surface area contributed by atoms with Crippen LogP contribution >= 0.6 is 11.8 Å². The van der Waals surface area contributed by atoms with Crippen molar-refractivity contribution in [2.75, 3.05) is 25.1 Å². The quantitative estimate of drug-likeness (QED) is 0.850. The van der Waals surface area contributed by atoms with Crippen molar-refractivity contribution in [3.05, 3.63) is 16.7 Å². The molecule has 0 unspecified atom stereocenters. The van der Waals surface area contributed by atoms with Gasteiger partial charge in [-0.25, -0.2) is 4.98 Å². The molecule has 0 radical (unpaired) electrons. The van der Waals surface area contributed by atoms with Gasteiger partial charge in [-0.1, -0.05) is 0 Å². The number of amides is 2. The first-order valence-corrected chi connectivity index (χ1v) is 7.90. The van der Waals surface area contributed by atoms with E-state index in [9.17, 15) is 9.59 Å². The smallest absolute Gasteiger partial charge is 0.290 e. The zero-order chi connectivity index (χ0) is 15.5. The lowest BCUT2D eigenvalue weighted by atomic mass is 10.1. The molecule has 2 aliphatic heterocycles. The molecule has 22 heavy (non-hydrogen) atoms. The summed E-state index contributed by atoms with van der Waals surface area (Å²) in [6, 6.07) is 1.65. The van der Waals surface area contributed by atoms with Crippen LogP contribution in [0.15, 0.2) is 11.0 Å². The molecule has 3 rings (SSSR count). The van der Waals surface area contributed by atoms with E-state index < -0.39 is 5.91 Å². The van der Waals surface area contributed by atoms with Gasteiger partial charge in [-0.05, 0) is 37.1 Å². The normalized spacial score (nSPS) is 20.4. The molecule has 1 N–H and O–H groups in total. The van der Waals surface area contributed by atoms with Gasteiger partial charge < -0.3 is 9.64 Å². The molecule has 8 heteroatoms. The van der Waals surface area contributed by atoms with Gasteiger partial charge in [0.2, 0.25) is 11.8 Å². The van der Waals surface area contributed by atoms with Gasteiger partial charge in [0.05, 0.1) is 17.7 Å². The molecule has 0 spiro atoms. The van der Waals surface area contributed by atoms with Gasteiger partial charge in [-0.15, -0.1) is 0 Å². The lowest BCUT2D eigenvalue weighted by molar-refractivity contribution is -0.115. The molecule has 0 saturated carbocycles. The summed E-state index contributed by atoms with van der Waals surface area (Å²) in [7, 11) is 1.54. The highest BCUT2D eigenvalue weighted by Crippen LogP contribution is 2.27. The van der Waals surface area contributed by atoms with E-state index in [0.29, 0.717) is 22.4 Å². The van der Waals surface area contributed by atoms with Crippen molar-refractivity contribution in [3.63, 3.8) is 0 Å². The molecule has 0 aliphatic carbocycles. The average molecular weight is 320 g/mol. The standard InChI is InChI=1S/C14H16N4O3S/c1-21-11-8-9(7-10-12(19)17-14(20)22-10)15-13(16-11)18-5-3-2-4-6-18/h7-8H,2-6H2,1H3,(H,17,19,20). The molecule has 3 heterocycles. The number of ether oxygens (including phenoxy) is 1. The molecule has 2 aliphatic rings. The van der Waals surface area contributed by atoms with Crippen LogP contribution in [0.25, 0.3) is 6.08 Å². The van der Waals surface area contributed by atoms with E-state index in [2.05, 4.69) is 20.2 Å². The Bertz CT molecular complexity index is 641. The van der Waals surface area contributed by atoms with Crippen LogP contribution in [0, 0.1) is 0 Å². The Morgan fingerprint density at radius 2 is 2.05 bits per heavy atom. The molecule has 7 nitrogen and oxygen atoms in total. The van der Waals surface area contributed by atoms with Crippen LogP contribution < -0.4 is 15.0 Å². The average Bonchev–Trinajstić information content (AvgIpc) is 2.85. The van der Waals surface area contributed by atoms with E-state index in [-0.39, 0.29) is 5.24 Å². The third-order valence-corrected chi connectivity index (χ3v) is 4.29. The van der Waals surface area contributed by atoms with Crippen LogP contribution in [-0.2, 0) is 4.79 Å². The minimum absolute atomic E-state index is 0.329. The summed E-state index contributed by atoms with van der Waals surface area (Å²) in [6.07, 6.45) is 5.03. The van der Waals surface area contributed by atoms with Gasteiger partial charge in [0.1, 0.15) is 0 Å². The molecule has 2 saturated heterocycles. The third-order valence-electron chi connectivity index (χ3n) is 3.48. The number of rotatable bonds is 3. The number of hydrogen-bond donors (Lipinski definition) is 1. The van der Waals surface area contributed by atoms with Crippen molar-refractivity contribution in [2.24, 2.45) is 0 Å². The highest BCUT2D eigenvalue weighted by Gasteiger charge is 2.25. The van der Waals surface area contributed by atoms with Gasteiger partial charge in [0.25, 0.3) is 11.1 Å². The number of nitrogens with zero attached hydrogens (tertiary/aromatic N) is 3. The Balaban J connectivity index is 1.92. The summed E-state index contributed by atoms with van der Waals surface area (Å²) in [4.78, 5) is 34.1. The topological polar surface area (TPSA) is 84.4 Å². The molecule has 116 valence electrons. The number of anilines is 1.